The van der Waals surface area contributed by atoms with Gasteiger partial charge in [0.1, 0.15) is 11.6 Å². The first kappa shape index (κ1) is 15.0. The van der Waals surface area contributed by atoms with Crippen LogP contribution in [0.3, 0.4) is 0 Å². The van der Waals surface area contributed by atoms with Crippen molar-refractivity contribution in [2.75, 3.05) is 11.9 Å². The summed E-state index contributed by atoms with van der Waals surface area (Å²) in [6.45, 7) is 0.567. The number of carbonyl (C=O) groups excluding carboxylic acids is 1. The molecule has 0 fully saturated rings. The highest BCUT2D eigenvalue weighted by Crippen LogP contribution is 2.17. The van der Waals surface area contributed by atoms with Gasteiger partial charge in [0, 0.05) is 17.9 Å². The van der Waals surface area contributed by atoms with Gasteiger partial charge in [-0.25, -0.2) is 4.39 Å². The topological polar surface area (TPSA) is 49.3 Å². The quantitative estimate of drug-likeness (QED) is 0.599. The van der Waals surface area contributed by atoms with Gasteiger partial charge in [-0.3, -0.25) is 4.79 Å². The molecular formula is C13H17BrFNO2. The van der Waals surface area contributed by atoms with E-state index in [1.54, 1.807) is 0 Å². The Balaban J connectivity index is 2.32. The molecule has 0 saturated heterocycles. The number of halogens is 2. The summed E-state index contributed by atoms with van der Waals surface area (Å²) in [7, 11) is 0. The average molecular weight is 318 g/mol. The number of carbonyl (C=O) groups is 1. The minimum atomic E-state index is -0.557. The van der Waals surface area contributed by atoms with E-state index >= 15 is 0 Å². The summed E-state index contributed by atoms with van der Waals surface area (Å²) in [6, 6.07) is 3.38. The van der Waals surface area contributed by atoms with Crippen molar-refractivity contribution in [1.29, 1.82) is 0 Å². The van der Waals surface area contributed by atoms with E-state index in [9.17, 15) is 14.3 Å². The number of benzene rings is 1. The van der Waals surface area contributed by atoms with Crippen LogP contribution in [0.25, 0.3) is 0 Å². The number of rotatable bonds is 7. The molecular weight excluding hydrogens is 301 g/mol. The third kappa shape index (κ3) is 5.04. The Labute approximate surface area is 115 Å². The van der Waals surface area contributed by atoms with Crippen molar-refractivity contribution in [2.24, 2.45) is 0 Å². The molecule has 3 nitrogen and oxygen atoms in total. The van der Waals surface area contributed by atoms with Gasteiger partial charge in [-0.1, -0.05) is 28.8 Å². The fourth-order valence-electron chi connectivity index (χ4n) is 1.57. The van der Waals surface area contributed by atoms with Crippen molar-refractivity contribution in [1.82, 2.24) is 5.32 Å². The van der Waals surface area contributed by atoms with Gasteiger partial charge in [-0.05, 0) is 25.0 Å². The molecule has 0 saturated carbocycles. The molecule has 100 valence electrons. The molecule has 1 aromatic carbocycles. The Morgan fingerprint density at radius 2 is 2.00 bits per heavy atom. The van der Waals surface area contributed by atoms with Crippen LogP contribution in [0.1, 0.15) is 36.0 Å². The number of hydrogen-bond donors (Lipinski definition) is 2. The lowest BCUT2D eigenvalue weighted by molar-refractivity contribution is 0.0950. The molecule has 0 aliphatic heterocycles. The van der Waals surface area contributed by atoms with Crippen molar-refractivity contribution in [3.05, 3.63) is 29.6 Å². The monoisotopic (exact) mass is 317 g/mol. The highest BCUT2D eigenvalue weighted by molar-refractivity contribution is 9.09. The molecule has 0 unspecified atom stereocenters. The standard InChI is InChI=1S/C13H17BrFNO2/c14-7-3-1-2-4-8-16-13(18)11-6-5-10(15)9-12(11)17/h5-6,9,17H,1-4,7-8H2,(H,16,18). The molecule has 1 rings (SSSR count). The second-order valence-electron chi connectivity index (χ2n) is 4.02. The SMILES string of the molecule is O=C(NCCCCCCBr)c1ccc(F)cc1O. The van der Waals surface area contributed by atoms with E-state index in [0.29, 0.717) is 6.54 Å². The fraction of sp³-hybridized carbons (Fsp3) is 0.462. The Bertz CT molecular complexity index is 399. The summed E-state index contributed by atoms with van der Waals surface area (Å²) in [4.78, 5) is 11.7. The van der Waals surface area contributed by atoms with Gasteiger partial charge in [0.15, 0.2) is 0 Å². The summed E-state index contributed by atoms with van der Waals surface area (Å²) in [5.74, 6) is -1.25. The number of nitrogens with one attached hydrogen (secondary N) is 1. The van der Waals surface area contributed by atoms with E-state index in [1.165, 1.54) is 6.07 Å². The molecule has 0 aliphatic rings. The minimum absolute atomic E-state index is 0.108. The van der Waals surface area contributed by atoms with E-state index in [1.807, 2.05) is 0 Å². The molecule has 0 spiro atoms. The van der Waals surface area contributed by atoms with Crippen LogP contribution in [0.4, 0.5) is 4.39 Å². The molecule has 0 atom stereocenters. The first-order chi connectivity index (χ1) is 8.65. The van der Waals surface area contributed by atoms with E-state index in [4.69, 9.17) is 0 Å². The Morgan fingerprint density at radius 3 is 2.67 bits per heavy atom. The zero-order valence-electron chi connectivity index (χ0n) is 10.1. The van der Waals surface area contributed by atoms with Crippen LogP contribution in [-0.2, 0) is 0 Å². The van der Waals surface area contributed by atoms with E-state index in [0.717, 1.165) is 43.1 Å². The zero-order chi connectivity index (χ0) is 13.4. The van der Waals surface area contributed by atoms with Crippen molar-refractivity contribution in [3.8, 4) is 5.75 Å². The van der Waals surface area contributed by atoms with Crippen molar-refractivity contribution in [3.63, 3.8) is 0 Å². The maximum Gasteiger partial charge on any atom is 0.255 e. The van der Waals surface area contributed by atoms with Crippen LogP contribution in [0, 0.1) is 5.82 Å². The third-order valence-corrected chi connectivity index (χ3v) is 3.11. The lowest BCUT2D eigenvalue weighted by atomic mass is 10.1. The number of hydrogen-bond acceptors (Lipinski definition) is 2. The van der Waals surface area contributed by atoms with Crippen molar-refractivity contribution < 1.29 is 14.3 Å². The molecule has 1 aromatic rings. The molecule has 0 heterocycles. The predicted molar refractivity (Wildman–Crippen MR) is 72.7 cm³/mol. The average Bonchev–Trinajstić information content (AvgIpc) is 2.33. The second kappa shape index (κ2) is 8.08. The van der Waals surface area contributed by atoms with E-state index in [-0.39, 0.29) is 17.2 Å². The normalized spacial score (nSPS) is 10.3. The Kier molecular flexibility index (Phi) is 6.72. The van der Waals surface area contributed by atoms with Crippen LogP contribution < -0.4 is 5.32 Å². The summed E-state index contributed by atoms with van der Waals surface area (Å²) >= 11 is 3.36. The Morgan fingerprint density at radius 1 is 1.28 bits per heavy atom. The molecule has 0 aliphatic carbocycles. The largest absolute Gasteiger partial charge is 0.507 e. The Hall–Kier alpha value is -1.10. The highest BCUT2D eigenvalue weighted by Gasteiger charge is 2.10. The summed E-state index contributed by atoms with van der Waals surface area (Å²) < 4.78 is 12.7. The zero-order valence-corrected chi connectivity index (χ0v) is 11.7. The predicted octanol–water partition coefficient (Wildman–Crippen LogP) is 3.22. The highest BCUT2D eigenvalue weighted by atomic mass is 79.9. The molecule has 2 N–H and O–H groups in total. The van der Waals surface area contributed by atoms with Gasteiger partial charge < -0.3 is 10.4 Å². The van der Waals surface area contributed by atoms with Crippen LogP contribution in [0.15, 0.2) is 18.2 Å². The van der Waals surface area contributed by atoms with Crippen molar-refractivity contribution >= 4 is 21.8 Å². The van der Waals surface area contributed by atoms with Gasteiger partial charge in [-0.15, -0.1) is 0 Å². The molecule has 18 heavy (non-hydrogen) atoms. The number of unbranched alkanes of at least 4 members (excludes halogenated alkanes) is 3. The maximum atomic E-state index is 12.7. The second-order valence-corrected chi connectivity index (χ2v) is 4.81. The number of aromatic hydroxyl groups is 1. The number of phenols is 1. The van der Waals surface area contributed by atoms with Gasteiger partial charge in [-0.2, -0.15) is 0 Å². The summed E-state index contributed by atoms with van der Waals surface area (Å²) in [5, 5.41) is 13.1. The lowest BCUT2D eigenvalue weighted by Gasteiger charge is -2.06. The molecule has 0 bridgehead atoms. The van der Waals surface area contributed by atoms with Crippen LogP contribution in [0.5, 0.6) is 5.75 Å². The first-order valence-corrected chi connectivity index (χ1v) is 7.10. The molecule has 0 aromatic heterocycles. The lowest BCUT2D eigenvalue weighted by Crippen LogP contribution is -2.24. The number of amides is 1. The van der Waals surface area contributed by atoms with E-state index < -0.39 is 5.82 Å². The van der Waals surface area contributed by atoms with Crippen LogP contribution in [0.2, 0.25) is 0 Å². The van der Waals surface area contributed by atoms with E-state index in [2.05, 4.69) is 21.2 Å². The van der Waals surface area contributed by atoms with Crippen LogP contribution in [-0.4, -0.2) is 22.9 Å². The van der Waals surface area contributed by atoms with Crippen LogP contribution >= 0.6 is 15.9 Å². The minimum Gasteiger partial charge on any atom is -0.507 e. The maximum absolute atomic E-state index is 12.7. The molecule has 5 heteroatoms. The third-order valence-electron chi connectivity index (χ3n) is 2.55. The summed E-state index contributed by atoms with van der Waals surface area (Å²) in [6.07, 6.45) is 4.22. The smallest absolute Gasteiger partial charge is 0.255 e. The fourth-order valence-corrected chi connectivity index (χ4v) is 1.96. The van der Waals surface area contributed by atoms with Crippen molar-refractivity contribution in [2.45, 2.75) is 25.7 Å². The number of phenolic OH excluding ortho intramolecular Hbond substituents is 1. The van der Waals surface area contributed by atoms with Gasteiger partial charge in [0.05, 0.1) is 5.56 Å². The van der Waals surface area contributed by atoms with Gasteiger partial charge in [0.2, 0.25) is 0 Å². The molecule has 0 radical (unpaired) electrons. The van der Waals surface area contributed by atoms with Gasteiger partial charge >= 0.3 is 0 Å². The first-order valence-electron chi connectivity index (χ1n) is 5.98. The number of alkyl halides is 1. The molecule has 1 amide bonds. The van der Waals surface area contributed by atoms with Gasteiger partial charge in [0.25, 0.3) is 5.91 Å². The summed E-state index contributed by atoms with van der Waals surface area (Å²) in [5.41, 5.74) is 0.108.